The van der Waals surface area contributed by atoms with Gasteiger partial charge >= 0.3 is 0 Å². The molecule has 0 bridgehead atoms. The standard InChI is InChI=1S/C13H22N4O2/c1-4-10(2)17-12(7-9-15-17)16-13(19)6-5-8-14-11(3)18/h7,9-10H,4-6,8H2,1-3H3,(H,14,18)(H,16,19). The van der Waals surface area contributed by atoms with Crippen molar-refractivity contribution in [1.29, 1.82) is 0 Å². The fourth-order valence-electron chi connectivity index (χ4n) is 1.66. The number of amides is 2. The van der Waals surface area contributed by atoms with Gasteiger partial charge in [-0.2, -0.15) is 5.10 Å². The minimum absolute atomic E-state index is 0.0598. The molecule has 2 amide bonds. The van der Waals surface area contributed by atoms with Crippen molar-refractivity contribution < 1.29 is 9.59 Å². The molecule has 0 spiro atoms. The van der Waals surface area contributed by atoms with Crippen LogP contribution in [0.25, 0.3) is 0 Å². The maximum absolute atomic E-state index is 11.8. The highest BCUT2D eigenvalue weighted by Gasteiger charge is 2.10. The molecule has 0 fully saturated rings. The number of hydrogen-bond donors (Lipinski definition) is 2. The summed E-state index contributed by atoms with van der Waals surface area (Å²) in [7, 11) is 0. The smallest absolute Gasteiger partial charge is 0.225 e. The van der Waals surface area contributed by atoms with Crippen LogP contribution in [0.1, 0.15) is 46.1 Å². The van der Waals surface area contributed by atoms with Crippen LogP contribution in [-0.2, 0) is 9.59 Å². The zero-order chi connectivity index (χ0) is 14.3. The Labute approximate surface area is 113 Å². The highest BCUT2D eigenvalue weighted by atomic mass is 16.2. The summed E-state index contributed by atoms with van der Waals surface area (Å²) in [6.45, 7) is 6.11. The molecular formula is C13H22N4O2. The highest BCUT2D eigenvalue weighted by molar-refractivity contribution is 5.89. The van der Waals surface area contributed by atoms with Crippen LogP contribution in [0.5, 0.6) is 0 Å². The van der Waals surface area contributed by atoms with Crippen LogP contribution in [0.15, 0.2) is 12.3 Å². The second-order valence-corrected chi connectivity index (χ2v) is 4.55. The molecule has 19 heavy (non-hydrogen) atoms. The van der Waals surface area contributed by atoms with E-state index in [2.05, 4.69) is 29.6 Å². The highest BCUT2D eigenvalue weighted by Crippen LogP contribution is 2.16. The van der Waals surface area contributed by atoms with E-state index in [1.807, 2.05) is 4.68 Å². The topological polar surface area (TPSA) is 76.0 Å². The average molecular weight is 266 g/mol. The Morgan fingerprint density at radius 2 is 2.21 bits per heavy atom. The number of hydrogen-bond acceptors (Lipinski definition) is 3. The molecule has 2 N–H and O–H groups in total. The summed E-state index contributed by atoms with van der Waals surface area (Å²) in [6.07, 6.45) is 3.64. The lowest BCUT2D eigenvalue weighted by Gasteiger charge is -2.14. The van der Waals surface area contributed by atoms with Gasteiger partial charge in [0.1, 0.15) is 5.82 Å². The predicted molar refractivity (Wildman–Crippen MR) is 73.8 cm³/mol. The van der Waals surface area contributed by atoms with Gasteiger partial charge in [0.2, 0.25) is 11.8 Å². The SMILES string of the molecule is CCC(C)n1nccc1NC(=O)CCCNC(C)=O. The summed E-state index contributed by atoms with van der Waals surface area (Å²) in [5.41, 5.74) is 0. The van der Waals surface area contributed by atoms with Gasteiger partial charge in [-0.25, -0.2) is 4.68 Å². The summed E-state index contributed by atoms with van der Waals surface area (Å²) >= 11 is 0. The summed E-state index contributed by atoms with van der Waals surface area (Å²) < 4.78 is 1.81. The third-order valence-corrected chi connectivity index (χ3v) is 2.90. The molecule has 0 saturated heterocycles. The van der Waals surface area contributed by atoms with Gasteiger partial charge in [-0.15, -0.1) is 0 Å². The normalized spacial score (nSPS) is 11.9. The molecule has 6 nitrogen and oxygen atoms in total. The van der Waals surface area contributed by atoms with Gasteiger partial charge < -0.3 is 10.6 Å². The van der Waals surface area contributed by atoms with Crippen molar-refractivity contribution in [2.45, 2.75) is 46.1 Å². The largest absolute Gasteiger partial charge is 0.356 e. The van der Waals surface area contributed by atoms with Gasteiger partial charge in [0, 0.05) is 26.0 Å². The Bertz CT molecular complexity index is 428. The van der Waals surface area contributed by atoms with E-state index in [1.54, 1.807) is 12.3 Å². The van der Waals surface area contributed by atoms with Gasteiger partial charge in [0.05, 0.1) is 12.2 Å². The molecule has 1 aromatic rings. The molecule has 1 aromatic heterocycles. The molecule has 0 aliphatic rings. The molecule has 0 aromatic carbocycles. The molecule has 1 atom stereocenters. The summed E-state index contributed by atoms with van der Waals surface area (Å²) in [4.78, 5) is 22.4. The monoisotopic (exact) mass is 266 g/mol. The number of carbonyl (C=O) groups is 2. The Morgan fingerprint density at radius 1 is 1.47 bits per heavy atom. The first-order chi connectivity index (χ1) is 9.04. The van der Waals surface area contributed by atoms with Crippen LogP contribution in [0.3, 0.4) is 0 Å². The van der Waals surface area contributed by atoms with Crippen LogP contribution in [0.2, 0.25) is 0 Å². The average Bonchev–Trinajstić information content (AvgIpc) is 2.81. The quantitative estimate of drug-likeness (QED) is 0.738. The maximum Gasteiger partial charge on any atom is 0.225 e. The lowest BCUT2D eigenvalue weighted by Crippen LogP contribution is -2.23. The zero-order valence-corrected chi connectivity index (χ0v) is 11.8. The third-order valence-electron chi connectivity index (χ3n) is 2.90. The molecule has 1 heterocycles. The first kappa shape index (κ1) is 15.2. The van der Waals surface area contributed by atoms with Gasteiger partial charge in [-0.1, -0.05) is 6.92 Å². The number of carbonyl (C=O) groups excluding carboxylic acids is 2. The fourth-order valence-corrected chi connectivity index (χ4v) is 1.66. The van der Waals surface area contributed by atoms with Crippen LogP contribution in [0.4, 0.5) is 5.82 Å². The maximum atomic E-state index is 11.8. The minimum atomic E-state index is -0.0738. The van der Waals surface area contributed by atoms with E-state index in [4.69, 9.17) is 0 Å². The van der Waals surface area contributed by atoms with Crippen LogP contribution >= 0.6 is 0 Å². The number of nitrogens with one attached hydrogen (secondary N) is 2. The first-order valence-corrected chi connectivity index (χ1v) is 6.62. The first-order valence-electron chi connectivity index (χ1n) is 6.62. The number of nitrogens with zero attached hydrogens (tertiary/aromatic N) is 2. The summed E-state index contributed by atoms with van der Waals surface area (Å²) in [5.74, 6) is 0.588. The van der Waals surface area contributed by atoms with E-state index in [0.29, 0.717) is 19.4 Å². The van der Waals surface area contributed by atoms with Gasteiger partial charge in [0.15, 0.2) is 0 Å². The van der Waals surface area contributed by atoms with E-state index in [-0.39, 0.29) is 17.9 Å². The van der Waals surface area contributed by atoms with E-state index in [0.717, 1.165) is 12.2 Å². The van der Waals surface area contributed by atoms with Crippen LogP contribution in [0, 0.1) is 0 Å². The molecule has 106 valence electrons. The van der Waals surface area contributed by atoms with Crippen molar-refractivity contribution >= 4 is 17.6 Å². The van der Waals surface area contributed by atoms with E-state index < -0.39 is 0 Å². The molecule has 0 aliphatic heterocycles. The minimum Gasteiger partial charge on any atom is -0.356 e. The second kappa shape index (κ2) is 7.56. The number of anilines is 1. The van der Waals surface area contributed by atoms with Gasteiger partial charge in [-0.3, -0.25) is 9.59 Å². The van der Waals surface area contributed by atoms with Gasteiger partial charge in [0.25, 0.3) is 0 Å². The molecule has 1 unspecified atom stereocenters. The molecular weight excluding hydrogens is 244 g/mol. The van der Waals surface area contributed by atoms with Crippen molar-refractivity contribution in [3.8, 4) is 0 Å². The molecule has 0 saturated carbocycles. The molecule has 0 aliphatic carbocycles. The zero-order valence-electron chi connectivity index (χ0n) is 11.8. The van der Waals surface area contributed by atoms with Crippen LogP contribution < -0.4 is 10.6 Å². The van der Waals surface area contributed by atoms with E-state index in [1.165, 1.54) is 6.92 Å². The summed E-state index contributed by atoms with van der Waals surface area (Å²) in [6, 6.07) is 2.04. The Hall–Kier alpha value is -1.85. The predicted octanol–water partition coefficient (Wildman–Crippen LogP) is 1.71. The summed E-state index contributed by atoms with van der Waals surface area (Å²) in [5, 5.41) is 9.71. The Balaban J connectivity index is 2.40. The molecule has 6 heteroatoms. The van der Waals surface area contributed by atoms with Crippen molar-refractivity contribution in [3.05, 3.63) is 12.3 Å². The Morgan fingerprint density at radius 3 is 2.84 bits per heavy atom. The lowest BCUT2D eigenvalue weighted by atomic mass is 10.2. The number of aromatic nitrogens is 2. The van der Waals surface area contributed by atoms with Crippen molar-refractivity contribution in [3.63, 3.8) is 0 Å². The van der Waals surface area contributed by atoms with Crippen molar-refractivity contribution in [1.82, 2.24) is 15.1 Å². The van der Waals surface area contributed by atoms with E-state index >= 15 is 0 Å². The number of rotatable bonds is 7. The van der Waals surface area contributed by atoms with Crippen LogP contribution in [-0.4, -0.2) is 28.1 Å². The van der Waals surface area contributed by atoms with E-state index in [9.17, 15) is 9.59 Å². The third kappa shape index (κ3) is 5.11. The van der Waals surface area contributed by atoms with Crippen molar-refractivity contribution in [2.75, 3.05) is 11.9 Å². The lowest BCUT2D eigenvalue weighted by molar-refractivity contribution is -0.119. The van der Waals surface area contributed by atoms with Crippen molar-refractivity contribution in [2.24, 2.45) is 0 Å². The van der Waals surface area contributed by atoms with Gasteiger partial charge in [-0.05, 0) is 19.8 Å². The molecule has 0 radical (unpaired) electrons. The fraction of sp³-hybridized carbons (Fsp3) is 0.615. The second-order valence-electron chi connectivity index (χ2n) is 4.55. The molecule has 1 rings (SSSR count). The Kier molecular flexibility index (Phi) is 6.05.